The minimum Gasteiger partial charge on any atom is -0.496 e. The smallest absolute Gasteiger partial charge is 0.252 e. The summed E-state index contributed by atoms with van der Waals surface area (Å²) in [6.07, 6.45) is 6.21. The first-order valence-electron chi connectivity index (χ1n) is 7.48. The molecule has 1 aromatic carbocycles. The predicted molar refractivity (Wildman–Crippen MR) is 91.6 cm³/mol. The molecule has 6 nitrogen and oxygen atoms in total. The molecule has 6 heteroatoms. The lowest BCUT2D eigenvalue weighted by atomic mass is 10.2. The summed E-state index contributed by atoms with van der Waals surface area (Å²) < 4.78 is 5.21. The monoisotopic (exact) mass is 325 g/mol. The van der Waals surface area contributed by atoms with E-state index in [2.05, 4.69) is 15.6 Å². The summed E-state index contributed by atoms with van der Waals surface area (Å²) in [5, 5.41) is 5.41. The highest BCUT2D eigenvalue weighted by atomic mass is 16.5. The van der Waals surface area contributed by atoms with Crippen LogP contribution in [0.2, 0.25) is 0 Å². The molecular formula is C18H19N3O3. The number of hydrogen-bond acceptors (Lipinski definition) is 4. The van der Waals surface area contributed by atoms with Gasteiger partial charge in [0.1, 0.15) is 5.75 Å². The zero-order valence-electron chi connectivity index (χ0n) is 13.4. The highest BCUT2D eigenvalue weighted by Gasteiger charge is 2.04. The summed E-state index contributed by atoms with van der Waals surface area (Å²) in [6, 6.07) is 10.8. The quantitative estimate of drug-likeness (QED) is 0.599. The Labute approximate surface area is 140 Å². The third-order valence-electron chi connectivity index (χ3n) is 3.19. The Morgan fingerprint density at radius 2 is 1.92 bits per heavy atom. The van der Waals surface area contributed by atoms with Crippen molar-refractivity contribution < 1.29 is 14.3 Å². The molecule has 0 spiro atoms. The molecule has 0 aliphatic carbocycles. The zero-order chi connectivity index (χ0) is 17.2. The van der Waals surface area contributed by atoms with E-state index in [0.717, 1.165) is 5.56 Å². The number of nitrogens with one attached hydrogen (secondary N) is 2. The van der Waals surface area contributed by atoms with E-state index in [1.54, 1.807) is 31.5 Å². The molecule has 2 rings (SSSR count). The fourth-order valence-corrected chi connectivity index (χ4v) is 1.99. The fraction of sp³-hybridized carbons (Fsp3) is 0.167. The molecule has 124 valence electrons. The first-order valence-corrected chi connectivity index (χ1v) is 7.48. The first kappa shape index (κ1) is 17.2. The van der Waals surface area contributed by atoms with Crippen LogP contribution in [0.15, 0.2) is 54.9 Å². The zero-order valence-corrected chi connectivity index (χ0v) is 13.4. The normalized spacial score (nSPS) is 10.4. The van der Waals surface area contributed by atoms with Gasteiger partial charge in [-0.2, -0.15) is 0 Å². The number of aromatic nitrogens is 1. The van der Waals surface area contributed by atoms with Gasteiger partial charge in [-0.3, -0.25) is 14.6 Å². The maximum Gasteiger partial charge on any atom is 0.252 e. The van der Waals surface area contributed by atoms with Crippen molar-refractivity contribution in [1.29, 1.82) is 0 Å². The van der Waals surface area contributed by atoms with Crippen molar-refractivity contribution in [2.24, 2.45) is 0 Å². The van der Waals surface area contributed by atoms with Crippen LogP contribution in [0.5, 0.6) is 5.75 Å². The number of nitrogens with zero attached hydrogens (tertiary/aromatic N) is 1. The molecule has 0 unspecified atom stereocenters. The molecule has 0 aliphatic rings. The van der Waals surface area contributed by atoms with Crippen LogP contribution >= 0.6 is 0 Å². The van der Waals surface area contributed by atoms with Crippen molar-refractivity contribution in [3.63, 3.8) is 0 Å². The molecule has 0 saturated heterocycles. The van der Waals surface area contributed by atoms with Gasteiger partial charge in [0, 0.05) is 37.1 Å². The highest BCUT2D eigenvalue weighted by Crippen LogP contribution is 2.18. The summed E-state index contributed by atoms with van der Waals surface area (Å²) in [6.45, 7) is 0.670. The minimum atomic E-state index is -0.239. The number of rotatable bonds is 7. The maximum atomic E-state index is 11.8. The third kappa shape index (κ3) is 5.24. The number of benzene rings is 1. The second-order valence-corrected chi connectivity index (χ2v) is 4.86. The topological polar surface area (TPSA) is 80.3 Å². The Kier molecular flexibility index (Phi) is 6.52. The number of carbonyl (C=O) groups is 2. The van der Waals surface area contributed by atoms with Gasteiger partial charge in [0.2, 0.25) is 5.91 Å². The van der Waals surface area contributed by atoms with Gasteiger partial charge >= 0.3 is 0 Å². The summed E-state index contributed by atoms with van der Waals surface area (Å²) in [5.41, 5.74) is 1.31. The van der Waals surface area contributed by atoms with Crippen LogP contribution in [-0.4, -0.2) is 37.0 Å². The number of amides is 2. The van der Waals surface area contributed by atoms with E-state index in [-0.39, 0.29) is 11.8 Å². The predicted octanol–water partition coefficient (Wildman–Crippen LogP) is 1.65. The highest BCUT2D eigenvalue weighted by molar-refractivity contribution is 5.94. The molecule has 0 saturated carbocycles. The minimum absolute atomic E-state index is 0.220. The molecule has 1 aromatic heterocycles. The summed E-state index contributed by atoms with van der Waals surface area (Å²) in [4.78, 5) is 27.4. The number of pyridine rings is 1. The molecule has 0 radical (unpaired) electrons. The van der Waals surface area contributed by atoms with Crippen molar-refractivity contribution in [2.45, 2.75) is 0 Å². The summed E-state index contributed by atoms with van der Waals surface area (Å²) >= 11 is 0. The van der Waals surface area contributed by atoms with E-state index in [1.165, 1.54) is 12.3 Å². The van der Waals surface area contributed by atoms with Gasteiger partial charge < -0.3 is 15.4 Å². The van der Waals surface area contributed by atoms with Gasteiger partial charge in [-0.1, -0.05) is 18.2 Å². The van der Waals surface area contributed by atoms with Gasteiger partial charge in [-0.15, -0.1) is 0 Å². The van der Waals surface area contributed by atoms with Crippen LogP contribution < -0.4 is 15.4 Å². The molecule has 0 atom stereocenters. The van der Waals surface area contributed by atoms with Gasteiger partial charge in [-0.25, -0.2) is 0 Å². The van der Waals surface area contributed by atoms with E-state index in [9.17, 15) is 9.59 Å². The van der Waals surface area contributed by atoms with Crippen LogP contribution in [-0.2, 0) is 4.79 Å². The third-order valence-corrected chi connectivity index (χ3v) is 3.19. The lowest BCUT2D eigenvalue weighted by Crippen LogP contribution is -2.34. The average Bonchev–Trinajstić information content (AvgIpc) is 2.64. The number of para-hydroxylation sites is 1. The van der Waals surface area contributed by atoms with Gasteiger partial charge in [-0.05, 0) is 24.3 Å². The molecule has 0 fully saturated rings. The standard InChI is InChI=1S/C18H19N3O3/c1-24-16-7-3-2-5-14(16)8-9-17(22)20-11-12-21-18(23)15-6-4-10-19-13-15/h2-10,13H,11-12H2,1H3,(H,20,22)(H,21,23)/b9-8+. The first-order chi connectivity index (χ1) is 11.7. The van der Waals surface area contributed by atoms with Crippen molar-refractivity contribution in [2.75, 3.05) is 20.2 Å². The molecule has 1 heterocycles. The summed E-state index contributed by atoms with van der Waals surface area (Å²) in [7, 11) is 1.58. The number of methoxy groups -OCH3 is 1. The molecule has 0 aliphatic heterocycles. The molecule has 24 heavy (non-hydrogen) atoms. The average molecular weight is 325 g/mol. The second kappa shape index (κ2) is 9.09. The maximum absolute atomic E-state index is 11.8. The van der Waals surface area contributed by atoms with E-state index >= 15 is 0 Å². The Morgan fingerprint density at radius 1 is 1.12 bits per heavy atom. The van der Waals surface area contributed by atoms with E-state index in [0.29, 0.717) is 24.4 Å². The van der Waals surface area contributed by atoms with Crippen molar-refractivity contribution in [1.82, 2.24) is 15.6 Å². The van der Waals surface area contributed by atoms with E-state index in [1.807, 2.05) is 24.3 Å². The van der Waals surface area contributed by atoms with Crippen LogP contribution in [0, 0.1) is 0 Å². The van der Waals surface area contributed by atoms with Crippen LogP contribution in [0.3, 0.4) is 0 Å². The molecule has 2 N–H and O–H groups in total. The fourth-order valence-electron chi connectivity index (χ4n) is 1.99. The number of ether oxygens (including phenoxy) is 1. The Bertz CT molecular complexity index is 714. The van der Waals surface area contributed by atoms with Crippen molar-refractivity contribution >= 4 is 17.9 Å². The largest absolute Gasteiger partial charge is 0.496 e. The SMILES string of the molecule is COc1ccccc1/C=C/C(=O)NCCNC(=O)c1cccnc1. The lowest BCUT2D eigenvalue weighted by molar-refractivity contribution is -0.116. The Hall–Kier alpha value is -3.15. The van der Waals surface area contributed by atoms with E-state index < -0.39 is 0 Å². The summed E-state index contributed by atoms with van der Waals surface area (Å²) in [5.74, 6) is 0.240. The Morgan fingerprint density at radius 3 is 2.67 bits per heavy atom. The van der Waals surface area contributed by atoms with Gasteiger partial charge in [0.25, 0.3) is 5.91 Å². The van der Waals surface area contributed by atoms with Crippen LogP contribution in [0.1, 0.15) is 15.9 Å². The van der Waals surface area contributed by atoms with Gasteiger partial charge in [0.15, 0.2) is 0 Å². The molecule has 0 bridgehead atoms. The molecule has 2 amide bonds. The van der Waals surface area contributed by atoms with Crippen molar-refractivity contribution in [3.05, 3.63) is 66.0 Å². The number of carbonyl (C=O) groups excluding carboxylic acids is 2. The Balaban J connectivity index is 1.73. The van der Waals surface area contributed by atoms with Crippen LogP contribution in [0.4, 0.5) is 0 Å². The van der Waals surface area contributed by atoms with E-state index in [4.69, 9.17) is 4.74 Å². The molecular weight excluding hydrogens is 306 g/mol. The van der Waals surface area contributed by atoms with Crippen LogP contribution in [0.25, 0.3) is 6.08 Å². The molecule has 2 aromatic rings. The lowest BCUT2D eigenvalue weighted by Gasteiger charge is -2.06. The number of hydrogen-bond donors (Lipinski definition) is 2. The second-order valence-electron chi connectivity index (χ2n) is 4.86. The van der Waals surface area contributed by atoms with Crippen molar-refractivity contribution in [3.8, 4) is 5.75 Å². The van der Waals surface area contributed by atoms with Gasteiger partial charge in [0.05, 0.1) is 12.7 Å².